The number of hydrogen-bond acceptors (Lipinski definition) is 2. The highest BCUT2D eigenvalue weighted by atomic mass is 35.5. The van der Waals surface area contributed by atoms with Gasteiger partial charge in [0.05, 0.1) is 27.5 Å². The summed E-state index contributed by atoms with van der Waals surface area (Å²) < 4.78 is 3.55. The third-order valence-electron chi connectivity index (χ3n) is 4.94. The Morgan fingerprint density at radius 1 is 1.00 bits per heavy atom. The largest absolute Gasteiger partial charge is 0.349 e. The minimum Gasteiger partial charge on any atom is -0.349 e. The van der Waals surface area contributed by atoms with Crippen molar-refractivity contribution in [3.05, 3.63) is 94.2 Å². The van der Waals surface area contributed by atoms with Gasteiger partial charge in [-0.3, -0.25) is 4.79 Å². The van der Waals surface area contributed by atoms with Gasteiger partial charge in [0.2, 0.25) is 0 Å². The second-order valence-electron chi connectivity index (χ2n) is 7.04. The number of rotatable bonds is 5. The van der Waals surface area contributed by atoms with Crippen LogP contribution in [-0.4, -0.2) is 20.3 Å². The van der Waals surface area contributed by atoms with Crippen LogP contribution in [0.3, 0.4) is 0 Å². The fraction of sp³-hybridized carbons (Fsp3) is 0.130. The summed E-state index contributed by atoms with van der Waals surface area (Å²) in [5.74, 6) is -0.231. The molecule has 0 bridgehead atoms. The van der Waals surface area contributed by atoms with Crippen LogP contribution < -0.4 is 5.32 Å². The van der Waals surface area contributed by atoms with Gasteiger partial charge in [-0.1, -0.05) is 53.5 Å². The molecule has 4 rings (SSSR count). The van der Waals surface area contributed by atoms with E-state index in [1.165, 1.54) is 0 Å². The number of carbonyl (C=O) groups excluding carboxylic acids is 1. The third-order valence-corrected chi connectivity index (χ3v) is 5.68. The van der Waals surface area contributed by atoms with Crippen molar-refractivity contribution in [2.75, 3.05) is 0 Å². The zero-order chi connectivity index (χ0) is 21.3. The number of aryl methyl sites for hydroxylation is 1. The Kier molecular flexibility index (Phi) is 5.66. The lowest BCUT2D eigenvalue weighted by Gasteiger charge is -2.15. The number of nitrogens with zero attached hydrogens (tertiary/aromatic N) is 3. The Balaban J connectivity index is 1.75. The summed E-state index contributed by atoms with van der Waals surface area (Å²) in [6.45, 7) is 1.95. The van der Waals surface area contributed by atoms with Crippen LogP contribution in [0.1, 0.15) is 29.0 Å². The molecule has 152 valence electrons. The first-order valence-electron chi connectivity index (χ1n) is 9.47. The van der Waals surface area contributed by atoms with Gasteiger partial charge in [0.1, 0.15) is 11.4 Å². The van der Waals surface area contributed by atoms with Crippen molar-refractivity contribution in [2.45, 2.75) is 13.0 Å². The summed E-state index contributed by atoms with van der Waals surface area (Å²) in [6.07, 6.45) is 1.94. The molecule has 2 heterocycles. The van der Waals surface area contributed by atoms with E-state index >= 15 is 0 Å². The molecule has 1 atom stereocenters. The molecule has 0 aliphatic heterocycles. The van der Waals surface area contributed by atoms with Crippen LogP contribution in [0.5, 0.6) is 0 Å². The normalized spacial score (nSPS) is 12.0. The Bertz CT molecular complexity index is 1200. The predicted molar refractivity (Wildman–Crippen MR) is 120 cm³/mol. The summed E-state index contributed by atoms with van der Waals surface area (Å²) in [7, 11) is 1.94. The second-order valence-corrected chi connectivity index (χ2v) is 7.85. The smallest absolute Gasteiger partial charge is 0.270 e. The molecule has 0 saturated carbocycles. The molecule has 0 saturated heterocycles. The SMILES string of the molecule is CC(NC(=O)c1cc(-c2cccn2C)nn1-c1ccc(Cl)c(Cl)c1)c1ccccc1. The molecule has 0 spiro atoms. The van der Waals surface area contributed by atoms with Gasteiger partial charge in [0, 0.05) is 13.2 Å². The van der Waals surface area contributed by atoms with E-state index in [-0.39, 0.29) is 11.9 Å². The first kappa shape index (κ1) is 20.3. The quantitative estimate of drug-likeness (QED) is 0.435. The monoisotopic (exact) mass is 438 g/mol. The van der Waals surface area contributed by atoms with E-state index in [1.807, 2.05) is 67.2 Å². The molecular formula is C23H20Cl2N4O. The van der Waals surface area contributed by atoms with Crippen LogP contribution in [0.2, 0.25) is 10.0 Å². The van der Waals surface area contributed by atoms with Gasteiger partial charge in [0.15, 0.2) is 0 Å². The molecule has 0 radical (unpaired) electrons. The van der Waals surface area contributed by atoms with Gasteiger partial charge in [-0.15, -0.1) is 0 Å². The average Bonchev–Trinajstić information content (AvgIpc) is 3.37. The van der Waals surface area contributed by atoms with E-state index in [1.54, 1.807) is 28.9 Å². The maximum Gasteiger partial charge on any atom is 0.270 e. The number of halogens is 2. The number of carbonyl (C=O) groups is 1. The lowest BCUT2D eigenvalue weighted by molar-refractivity contribution is 0.0932. The van der Waals surface area contributed by atoms with Crippen molar-refractivity contribution in [3.63, 3.8) is 0 Å². The standard InChI is InChI=1S/C23H20Cl2N4O/c1-15(16-7-4-3-5-8-16)26-23(30)22-14-20(21-9-6-12-28(21)2)27-29(22)17-10-11-18(24)19(25)13-17/h3-15H,1-2H3,(H,26,30). The number of nitrogens with one attached hydrogen (secondary N) is 1. The summed E-state index contributed by atoms with van der Waals surface area (Å²) >= 11 is 12.3. The summed E-state index contributed by atoms with van der Waals surface area (Å²) in [5.41, 5.74) is 3.67. The van der Waals surface area contributed by atoms with E-state index in [2.05, 4.69) is 10.4 Å². The van der Waals surface area contributed by atoms with Crippen LogP contribution in [0.15, 0.2) is 72.9 Å². The topological polar surface area (TPSA) is 51.9 Å². The van der Waals surface area contributed by atoms with Gasteiger partial charge < -0.3 is 9.88 Å². The molecular weight excluding hydrogens is 419 g/mol. The minimum absolute atomic E-state index is 0.158. The lowest BCUT2D eigenvalue weighted by atomic mass is 10.1. The molecule has 1 unspecified atom stereocenters. The van der Waals surface area contributed by atoms with Crippen molar-refractivity contribution >= 4 is 29.1 Å². The first-order chi connectivity index (χ1) is 14.4. The van der Waals surface area contributed by atoms with Crippen LogP contribution in [0.4, 0.5) is 0 Å². The number of hydrogen-bond donors (Lipinski definition) is 1. The van der Waals surface area contributed by atoms with Crippen molar-refractivity contribution in [2.24, 2.45) is 7.05 Å². The molecule has 0 aliphatic carbocycles. The maximum atomic E-state index is 13.2. The highest BCUT2D eigenvalue weighted by Gasteiger charge is 2.21. The molecule has 0 aliphatic rings. The van der Waals surface area contributed by atoms with Crippen LogP contribution in [-0.2, 0) is 7.05 Å². The zero-order valence-electron chi connectivity index (χ0n) is 16.5. The Hall–Kier alpha value is -3.02. The molecule has 0 fully saturated rings. The van der Waals surface area contributed by atoms with E-state index in [9.17, 15) is 4.79 Å². The molecule has 2 aromatic carbocycles. The second kappa shape index (κ2) is 8.38. The van der Waals surface area contributed by atoms with Crippen LogP contribution in [0.25, 0.3) is 17.1 Å². The first-order valence-corrected chi connectivity index (χ1v) is 10.2. The third kappa shape index (κ3) is 3.99. The van der Waals surface area contributed by atoms with E-state index in [4.69, 9.17) is 23.2 Å². The molecule has 2 aromatic heterocycles. The Morgan fingerprint density at radius 2 is 1.77 bits per heavy atom. The number of benzene rings is 2. The number of aromatic nitrogens is 3. The van der Waals surface area contributed by atoms with Gasteiger partial charge in [-0.2, -0.15) is 5.10 Å². The van der Waals surface area contributed by atoms with E-state index < -0.39 is 0 Å². The average molecular weight is 439 g/mol. The van der Waals surface area contributed by atoms with Gasteiger partial charge in [-0.05, 0) is 48.9 Å². The molecule has 30 heavy (non-hydrogen) atoms. The molecule has 1 N–H and O–H groups in total. The number of amides is 1. The van der Waals surface area contributed by atoms with Crippen LogP contribution in [0, 0.1) is 0 Å². The molecule has 7 heteroatoms. The van der Waals surface area contributed by atoms with Crippen molar-refractivity contribution < 1.29 is 4.79 Å². The van der Waals surface area contributed by atoms with Crippen molar-refractivity contribution in [1.82, 2.24) is 19.7 Å². The van der Waals surface area contributed by atoms with Gasteiger partial charge in [-0.25, -0.2) is 4.68 Å². The lowest BCUT2D eigenvalue weighted by Crippen LogP contribution is -2.28. The molecule has 4 aromatic rings. The maximum absolute atomic E-state index is 13.2. The fourth-order valence-corrected chi connectivity index (χ4v) is 3.60. The van der Waals surface area contributed by atoms with E-state index in [0.717, 1.165) is 11.3 Å². The summed E-state index contributed by atoms with van der Waals surface area (Å²) in [6, 6.07) is 20.5. The van der Waals surface area contributed by atoms with Gasteiger partial charge in [0.25, 0.3) is 5.91 Å². The van der Waals surface area contributed by atoms with Gasteiger partial charge >= 0.3 is 0 Å². The predicted octanol–water partition coefficient (Wildman–Crippen LogP) is 5.68. The van der Waals surface area contributed by atoms with Crippen molar-refractivity contribution in [3.8, 4) is 17.1 Å². The summed E-state index contributed by atoms with van der Waals surface area (Å²) in [4.78, 5) is 13.2. The highest BCUT2D eigenvalue weighted by Crippen LogP contribution is 2.27. The van der Waals surface area contributed by atoms with E-state index in [0.29, 0.717) is 27.1 Å². The molecule has 5 nitrogen and oxygen atoms in total. The zero-order valence-corrected chi connectivity index (χ0v) is 18.0. The summed E-state index contributed by atoms with van der Waals surface area (Å²) in [5, 5.41) is 8.59. The highest BCUT2D eigenvalue weighted by molar-refractivity contribution is 6.42. The Morgan fingerprint density at radius 3 is 2.43 bits per heavy atom. The Labute approximate surface area is 184 Å². The molecule has 1 amide bonds. The van der Waals surface area contributed by atoms with Crippen LogP contribution >= 0.6 is 23.2 Å². The van der Waals surface area contributed by atoms with Crippen molar-refractivity contribution in [1.29, 1.82) is 0 Å². The minimum atomic E-state index is -0.231. The fourth-order valence-electron chi connectivity index (χ4n) is 3.30.